The summed E-state index contributed by atoms with van der Waals surface area (Å²) in [5.74, 6) is -3.42. The molecular weight excluding hydrogens is 376 g/mol. The Kier molecular flexibility index (Phi) is 4.13. The Labute approximate surface area is 170 Å². The summed E-state index contributed by atoms with van der Waals surface area (Å²) in [4.78, 5) is 24.7. The van der Waals surface area contributed by atoms with Gasteiger partial charge in [0.2, 0.25) is 0 Å². The van der Waals surface area contributed by atoms with Crippen molar-refractivity contribution in [2.75, 3.05) is 6.61 Å². The van der Waals surface area contributed by atoms with Crippen LogP contribution < -0.4 is 0 Å². The van der Waals surface area contributed by atoms with Gasteiger partial charge in [-0.15, -0.1) is 0 Å². The highest BCUT2D eigenvalue weighted by Crippen LogP contribution is 2.76. The summed E-state index contributed by atoms with van der Waals surface area (Å²) in [5, 5.41) is 44.3. The molecule has 0 aromatic heterocycles. The molecule has 160 valence electrons. The molecule has 7 heteroatoms. The number of hydrogen-bond donors (Lipinski definition) is 4. The van der Waals surface area contributed by atoms with Gasteiger partial charge in [-0.1, -0.05) is 32.9 Å². The maximum atomic E-state index is 12.9. The van der Waals surface area contributed by atoms with Crippen molar-refractivity contribution in [3.05, 3.63) is 23.3 Å². The zero-order chi connectivity index (χ0) is 21.7. The van der Waals surface area contributed by atoms with E-state index in [1.807, 2.05) is 20.8 Å². The molecule has 0 saturated heterocycles. The van der Waals surface area contributed by atoms with E-state index in [1.54, 1.807) is 19.1 Å². The van der Waals surface area contributed by atoms with Crippen molar-refractivity contribution in [2.24, 2.45) is 29.1 Å². The first-order chi connectivity index (χ1) is 13.3. The predicted octanol–water partition coefficient (Wildman–Crippen LogP) is 0.501. The molecule has 8 atom stereocenters. The van der Waals surface area contributed by atoms with Crippen molar-refractivity contribution in [1.82, 2.24) is 0 Å². The Balaban J connectivity index is 1.94. The molecule has 0 heterocycles. The lowest BCUT2D eigenvalue weighted by atomic mass is 9.59. The minimum absolute atomic E-state index is 0.100. The molecule has 7 nitrogen and oxygen atoms in total. The summed E-state index contributed by atoms with van der Waals surface area (Å²) >= 11 is 0. The lowest BCUT2D eigenvalue weighted by molar-refractivity contribution is -0.197. The first-order valence-electron chi connectivity index (χ1n) is 10.2. The fourth-order valence-electron chi connectivity index (χ4n) is 6.87. The van der Waals surface area contributed by atoms with Crippen LogP contribution in [0.5, 0.6) is 0 Å². The molecule has 0 radical (unpaired) electrons. The molecule has 29 heavy (non-hydrogen) atoms. The molecule has 2 fully saturated rings. The van der Waals surface area contributed by atoms with Crippen molar-refractivity contribution in [1.29, 1.82) is 0 Å². The summed E-state index contributed by atoms with van der Waals surface area (Å²) in [7, 11) is 0. The standard InChI is InChI=1S/C22H30O7/c1-10-6-15-21(27)11(2)8-20(29-12(3)24)16(19(20,4)5)14(21)7-13(9-23)18(26)22(15,28)17(10)25/h6-7,11,14-16,18,23,26-28H,8-9H2,1-5H3/t11-,14+,15+,16-,18-,20+,21-,22-/m1/s1. The van der Waals surface area contributed by atoms with Crippen LogP contribution in [0.15, 0.2) is 23.3 Å². The Morgan fingerprint density at radius 3 is 2.45 bits per heavy atom. The average Bonchev–Trinajstić information content (AvgIpc) is 3.00. The van der Waals surface area contributed by atoms with Crippen LogP contribution in [0.3, 0.4) is 0 Å². The van der Waals surface area contributed by atoms with Crippen LogP contribution in [0.2, 0.25) is 0 Å². The van der Waals surface area contributed by atoms with Gasteiger partial charge in [0, 0.05) is 30.1 Å². The minimum atomic E-state index is -2.24. The summed E-state index contributed by atoms with van der Waals surface area (Å²) < 4.78 is 5.80. The number of fused-ring (bicyclic) bond motifs is 5. The van der Waals surface area contributed by atoms with Gasteiger partial charge in [0.05, 0.1) is 12.2 Å². The number of aliphatic hydroxyl groups excluding tert-OH is 2. The van der Waals surface area contributed by atoms with Gasteiger partial charge in [0.15, 0.2) is 11.4 Å². The van der Waals surface area contributed by atoms with Crippen LogP contribution in [0.25, 0.3) is 0 Å². The molecule has 4 aliphatic carbocycles. The molecule has 0 spiro atoms. The quantitative estimate of drug-likeness (QED) is 0.389. The molecule has 4 rings (SSSR count). The third-order valence-electron chi connectivity index (χ3n) is 8.36. The second-order valence-electron chi connectivity index (χ2n) is 9.98. The van der Waals surface area contributed by atoms with Crippen LogP contribution in [-0.2, 0) is 14.3 Å². The molecule has 0 aromatic carbocycles. The number of ether oxygens (including phenoxy) is 1. The highest BCUT2D eigenvalue weighted by atomic mass is 16.6. The fraction of sp³-hybridized carbons (Fsp3) is 0.727. The van der Waals surface area contributed by atoms with Gasteiger partial charge in [-0.2, -0.15) is 0 Å². The second-order valence-corrected chi connectivity index (χ2v) is 9.98. The number of aliphatic hydroxyl groups is 4. The molecule has 2 saturated carbocycles. The number of hydrogen-bond acceptors (Lipinski definition) is 7. The third kappa shape index (κ3) is 2.17. The Morgan fingerprint density at radius 1 is 1.28 bits per heavy atom. The van der Waals surface area contributed by atoms with Gasteiger partial charge in [0.1, 0.15) is 11.7 Å². The second kappa shape index (κ2) is 5.78. The van der Waals surface area contributed by atoms with Gasteiger partial charge < -0.3 is 25.2 Å². The van der Waals surface area contributed by atoms with E-state index in [9.17, 15) is 30.0 Å². The van der Waals surface area contributed by atoms with Gasteiger partial charge >= 0.3 is 5.97 Å². The van der Waals surface area contributed by atoms with Crippen LogP contribution in [0.1, 0.15) is 41.0 Å². The Bertz CT molecular complexity index is 857. The summed E-state index contributed by atoms with van der Waals surface area (Å²) in [6, 6.07) is 0. The van der Waals surface area contributed by atoms with E-state index in [1.165, 1.54) is 6.92 Å². The first kappa shape index (κ1) is 20.7. The number of ketones is 1. The maximum Gasteiger partial charge on any atom is 0.303 e. The summed E-state index contributed by atoms with van der Waals surface area (Å²) in [6.07, 6.45) is 1.90. The van der Waals surface area contributed by atoms with Crippen molar-refractivity contribution >= 4 is 11.8 Å². The summed E-state index contributed by atoms with van der Waals surface area (Å²) in [5.41, 5.74) is -4.64. The highest BCUT2D eigenvalue weighted by Gasteiger charge is 2.83. The van der Waals surface area contributed by atoms with Crippen molar-refractivity contribution < 1.29 is 34.8 Å². The predicted molar refractivity (Wildman–Crippen MR) is 102 cm³/mol. The van der Waals surface area contributed by atoms with Crippen molar-refractivity contribution in [3.8, 4) is 0 Å². The first-order valence-corrected chi connectivity index (χ1v) is 10.2. The van der Waals surface area contributed by atoms with Gasteiger partial charge in [-0.25, -0.2) is 0 Å². The van der Waals surface area contributed by atoms with E-state index in [-0.39, 0.29) is 17.1 Å². The monoisotopic (exact) mass is 406 g/mol. The fourth-order valence-corrected chi connectivity index (χ4v) is 6.87. The number of rotatable bonds is 2. The van der Waals surface area contributed by atoms with Gasteiger partial charge in [0.25, 0.3) is 0 Å². The zero-order valence-electron chi connectivity index (χ0n) is 17.5. The average molecular weight is 406 g/mol. The van der Waals surface area contributed by atoms with Crippen LogP contribution in [-0.4, -0.2) is 61.7 Å². The van der Waals surface area contributed by atoms with E-state index >= 15 is 0 Å². The largest absolute Gasteiger partial charge is 0.458 e. The molecule has 4 N–H and O–H groups in total. The van der Waals surface area contributed by atoms with E-state index in [0.29, 0.717) is 6.42 Å². The van der Waals surface area contributed by atoms with Crippen LogP contribution >= 0.6 is 0 Å². The van der Waals surface area contributed by atoms with Gasteiger partial charge in [-0.05, 0) is 30.4 Å². The van der Waals surface area contributed by atoms with Crippen LogP contribution in [0, 0.1) is 29.1 Å². The normalized spacial score (nSPS) is 49.8. The minimum Gasteiger partial charge on any atom is -0.458 e. The third-order valence-corrected chi connectivity index (χ3v) is 8.36. The van der Waals surface area contributed by atoms with E-state index < -0.39 is 64.4 Å². The van der Waals surface area contributed by atoms with Gasteiger partial charge in [-0.3, -0.25) is 9.59 Å². The Morgan fingerprint density at radius 2 is 1.90 bits per heavy atom. The SMILES string of the molecule is CC(=O)O[C@@]12C[C@@H](C)[C@]3(O)[C@@H]4C=C(C)C(=O)[C@@]4(O)[C@H](O)C(CO)=C[C@H]3[C@@H]1C2(C)C. The zero-order valence-corrected chi connectivity index (χ0v) is 17.5. The molecule has 0 amide bonds. The number of Topliss-reactive ketones (excluding diaryl/α,β-unsaturated/α-hetero) is 1. The topological polar surface area (TPSA) is 124 Å². The van der Waals surface area contributed by atoms with E-state index in [4.69, 9.17) is 4.74 Å². The molecule has 0 aromatic rings. The molecular formula is C22H30O7. The summed E-state index contributed by atoms with van der Waals surface area (Å²) in [6.45, 7) is 8.12. The highest BCUT2D eigenvalue weighted by molar-refractivity contribution is 6.05. The Hall–Kier alpha value is -1.54. The van der Waals surface area contributed by atoms with E-state index in [0.717, 1.165) is 0 Å². The molecule has 0 aliphatic heterocycles. The lowest BCUT2D eigenvalue weighted by Gasteiger charge is -2.50. The van der Waals surface area contributed by atoms with Crippen LogP contribution in [0.4, 0.5) is 0 Å². The number of carbonyl (C=O) groups excluding carboxylic acids is 2. The molecule has 0 bridgehead atoms. The maximum absolute atomic E-state index is 12.9. The lowest BCUT2D eigenvalue weighted by Crippen LogP contribution is -2.64. The van der Waals surface area contributed by atoms with Crippen molar-refractivity contribution in [3.63, 3.8) is 0 Å². The molecule has 0 unspecified atom stereocenters. The number of esters is 1. The molecule has 4 aliphatic rings. The smallest absolute Gasteiger partial charge is 0.303 e. The number of carbonyl (C=O) groups is 2. The van der Waals surface area contributed by atoms with Crippen molar-refractivity contribution in [2.45, 2.75) is 63.9 Å². The van der Waals surface area contributed by atoms with E-state index in [2.05, 4.69) is 0 Å².